The maximum absolute atomic E-state index is 13.4. The van der Waals surface area contributed by atoms with Gasteiger partial charge in [0.25, 0.3) is 0 Å². The molecule has 0 radical (unpaired) electrons. The molecule has 2 amide bonds. The largest absolute Gasteiger partial charge is 0.497 e. The third-order valence-electron chi connectivity index (χ3n) is 5.92. The van der Waals surface area contributed by atoms with Crippen molar-refractivity contribution < 1.29 is 22.7 Å². The number of unbranched alkanes of at least 4 members (excludes halogenated alkanes) is 1. The standard InChI is InChI=1S/C27H39N3O5S/c1-5-7-19-28-27(32)25(6-2)29(21-22-12-9-8-10-13-22)26(31)14-11-20-30(36(4,33)34)23-15-17-24(35-3)18-16-23/h8-10,12-13,15-18,25H,5-7,11,14,19-21H2,1-4H3,(H,28,32)/t25-/m1/s1. The summed E-state index contributed by atoms with van der Waals surface area (Å²) in [5.74, 6) is 0.285. The molecule has 0 aromatic heterocycles. The van der Waals surface area contributed by atoms with Gasteiger partial charge in [-0.2, -0.15) is 0 Å². The van der Waals surface area contributed by atoms with Crippen molar-refractivity contribution in [2.24, 2.45) is 0 Å². The Balaban J connectivity index is 2.15. The van der Waals surface area contributed by atoms with Crippen molar-refractivity contribution in [1.82, 2.24) is 10.2 Å². The lowest BCUT2D eigenvalue weighted by molar-refractivity contribution is -0.141. The van der Waals surface area contributed by atoms with Gasteiger partial charge in [0.05, 0.1) is 19.1 Å². The summed E-state index contributed by atoms with van der Waals surface area (Å²) in [4.78, 5) is 27.9. The molecule has 0 unspecified atom stereocenters. The van der Waals surface area contributed by atoms with E-state index >= 15 is 0 Å². The molecule has 0 bridgehead atoms. The molecule has 0 spiro atoms. The molecule has 0 heterocycles. The van der Waals surface area contributed by atoms with Crippen LogP contribution in [0.2, 0.25) is 0 Å². The van der Waals surface area contributed by atoms with Gasteiger partial charge in [0.15, 0.2) is 0 Å². The summed E-state index contributed by atoms with van der Waals surface area (Å²) in [5, 5.41) is 2.95. The fourth-order valence-electron chi connectivity index (χ4n) is 3.96. The van der Waals surface area contributed by atoms with Gasteiger partial charge < -0.3 is 15.0 Å². The zero-order valence-corrected chi connectivity index (χ0v) is 22.6. The SMILES string of the molecule is CCCCNC(=O)[C@@H](CC)N(Cc1ccccc1)C(=O)CCCN(c1ccc(OC)cc1)S(C)(=O)=O. The lowest BCUT2D eigenvalue weighted by Gasteiger charge is -2.31. The van der Waals surface area contributed by atoms with Gasteiger partial charge in [-0.25, -0.2) is 8.42 Å². The van der Waals surface area contributed by atoms with E-state index < -0.39 is 16.1 Å². The van der Waals surface area contributed by atoms with Crippen LogP contribution in [0.5, 0.6) is 5.75 Å². The minimum Gasteiger partial charge on any atom is -0.497 e. The Kier molecular flexibility index (Phi) is 11.7. The first-order chi connectivity index (χ1) is 17.2. The number of nitrogens with one attached hydrogen (secondary N) is 1. The number of sulfonamides is 1. The van der Waals surface area contributed by atoms with Crippen LogP contribution in [0.1, 0.15) is 51.5 Å². The second-order valence-electron chi connectivity index (χ2n) is 8.71. The number of nitrogens with zero attached hydrogens (tertiary/aromatic N) is 2. The highest BCUT2D eigenvalue weighted by atomic mass is 32.2. The highest BCUT2D eigenvalue weighted by Gasteiger charge is 2.28. The molecule has 0 saturated heterocycles. The van der Waals surface area contributed by atoms with Crippen LogP contribution in [0.4, 0.5) is 5.69 Å². The summed E-state index contributed by atoms with van der Waals surface area (Å²) in [6.07, 6.45) is 3.91. The van der Waals surface area contributed by atoms with E-state index in [9.17, 15) is 18.0 Å². The molecule has 1 N–H and O–H groups in total. The van der Waals surface area contributed by atoms with Crippen molar-refractivity contribution in [3.05, 3.63) is 60.2 Å². The smallest absolute Gasteiger partial charge is 0.242 e. The van der Waals surface area contributed by atoms with E-state index in [0.717, 1.165) is 24.7 Å². The molecule has 2 aromatic rings. The summed E-state index contributed by atoms with van der Waals surface area (Å²) in [6.45, 7) is 4.98. The second kappa shape index (κ2) is 14.5. The molecular weight excluding hydrogens is 478 g/mol. The molecule has 36 heavy (non-hydrogen) atoms. The van der Waals surface area contributed by atoms with Crippen LogP contribution in [-0.2, 0) is 26.2 Å². The maximum atomic E-state index is 13.4. The van der Waals surface area contributed by atoms with Gasteiger partial charge in [0, 0.05) is 26.1 Å². The number of benzene rings is 2. The number of rotatable bonds is 15. The third-order valence-corrected chi connectivity index (χ3v) is 7.12. The van der Waals surface area contributed by atoms with Crippen LogP contribution < -0.4 is 14.4 Å². The summed E-state index contributed by atoms with van der Waals surface area (Å²) in [7, 11) is -2.00. The van der Waals surface area contributed by atoms with Crippen molar-refractivity contribution in [2.75, 3.05) is 30.8 Å². The minimum atomic E-state index is -3.55. The molecule has 9 heteroatoms. The molecule has 0 saturated carbocycles. The van der Waals surface area contributed by atoms with Crippen LogP contribution in [0.3, 0.4) is 0 Å². The maximum Gasteiger partial charge on any atom is 0.242 e. The Morgan fingerprint density at radius 3 is 2.22 bits per heavy atom. The minimum absolute atomic E-state index is 0.119. The Morgan fingerprint density at radius 2 is 1.67 bits per heavy atom. The normalized spacial score (nSPS) is 12.0. The summed E-state index contributed by atoms with van der Waals surface area (Å²) in [6, 6.07) is 15.7. The number of ether oxygens (including phenoxy) is 1. The molecular formula is C27H39N3O5S. The summed E-state index contributed by atoms with van der Waals surface area (Å²) >= 11 is 0. The zero-order chi connectivity index (χ0) is 26.6. The van der Waals surface area contributed by atoms with E-state index in [-0.39, 0.29) is 24.8 Å². The summed E-state index contributed by atoms with van der Waals surface area (Å²) in [5.41, 5.74) is 1.44. The van der Waals surface area contributed by atoms with Crippen molar-refractivity contribution in [3.8, 4) is 5.75 Å². The van der Waals surface area contributed by atoms with Crippen LogP contribution >= 0.6 is 0 Å². The van der Waals surface area contributed by atoms with Crippen LogP contribution in [0, 0.1) is 0 Å². The highest BCUT2D eigenvalue weighted by molar-refractivity contribution is 7.92. The molecule has 0 aliphatic rings. The Bertz CT molecular complexity index is 1060. The van der Waals surface area contributed by atoms with Gasteiger partial charge in [-0.15, -0.1) is 0 Å². The van der Waals surface area contributed by atoms with Gasteiger partial charge >= 0.3 is 0 Å². The number of carbonyl (C=O) groups is 2. The van der Waals surface area contributed by atoms with Crippen molar-refractivity contribution >= 4 is 27.5 Å². The predicted molar refractivity (Wildman–Crippen MR) is 143 cm³/mol. The molecule has 2 aromatic carbocycles. The van der Waals surface area contributed by atoms with Crippen molar-refractivity contribution in [3.63, 3.8) is 0 Å². The van der Waals surface area contributed by atoms with Gasteiger partial charge in [0.2, 0.25) is 21.8 Å². The lowest BCUT2D eigenvalue weighted by Crippen LogP contribution is -2.49. The molecule has 2 rings (SSSR count). The highest BCUT2D eigenvalue weighted by Crippen LogP contribution is 2.22. The van der Waals surface area contributed by atoms with Gasteiger partial charge in [-0.05, 0) is 49.1 Å². The number of hydrogen-bond donors (Lipinski definition) is 1. The third kappa shape index (κ3) is 8.86. The Hall–Kier alpha value is -3.07. The molecule has 8 nitrogen and oxygen atoms in total. The first-order valence-electron chi connectivity index (χ1n) is 12.4. The van der Waals surface area contributed by atoms with Gasteiger partial charge in [0.1, 0.15) is 11.8 Å². The average molecular weight is 518 g/mol. The number of methoxy groups -OCH3 is 1. The van der Waals surface area contributed by atoms with Crippen LogP contribution in [0.15, 0.2) is 54.6 Å². The van der Waals surface area contributed by atoms with E-state index in [1.54, 1.807) is 36.3 Å². The first-order valence-corrected chi connectivity index (χ1v) is 14.3. The predicted octanol–water partition coefficient (Wildman–Crippen LogP) is 3.97. The van der Waals surface area contributed by atoms with Crippen molar-refractivity contribution in [2.45, 2.75) is 58.5 Å². The van der Waals surface area contributed by atoms with Crippen LogP contribution in [0.25, 0.3) is 0 Å². The van der Waals surface area contributed by atoms with E-state index in [2.05, 4.69) is 12.2 Å². The number of hydrogen-bond acceptors (Lipinski definition) is 5. The number of amides is 2. The van der Waals surface area contributed by atoms with E-state index in [1.807, 2.05) is 37.3 Å². The fraction of sp³-hybridized carbons (Fsp3) is 0.481. The van der Waals surface area contributed by atoms with Crippen LogP contribution in [-0.4, -0.2) is 57.6 Å². The molecule has 198 valence electrons. The fourth-order valence-corrected chi connectivity index (χ4v) is 4.92. The van der Waals surface area contributed by atoms with E-state index in [0.29, 0.717) is 37.4 Å². The quantitative estimate of drug-likeness (QED) is 0.361. The molecule has 1 atom stereocenters. The summed E-state index contributed by atoms with van der Waals surface area (Å²) < 4.78 is 31.3. The second-order valence-corrected chi connectivity index (χ2v) is 10.6. The van der Waals surface area contributed by atoms with Crippen molar-refractivity contribution in [1.29, 1.82) is 0 Å². The topological polar surface area (TPSA) is 96.0 Å². The molecule has 0 fully saturated rings. The van der Waals surface area contributed by atoms with E-state index in [1.165, 1.54) is 4.31 Å². The number of anilines is 1. The monoisotopic (exact) mass is 517 g/mol. The average Bonchev–Trinajstić information content (AvgIpc) is 2.86. The Morgan fingerprint density at radius 1 is 1.00 bits per heavy atom. The van der Waals surface area contributed by atoms with Gasteiger partial charge in [-0.3, -0.25) is 13.9 Å². The van der Waals surface area contributed by atoms with E-state index in [4.69, 9.17) is 4.74 Å². The zero-order valence-electron chi connectivity index (χ0n) is 21.8. The van der Waals surface area contributed by atoms with Gasteiger partial charge in [-0.1, -0.05) is 50.6 Å². The Labute approximate surface area is 215 Å². The number of carbonyl (C=O) groups excluding carboxylic acids is 2. The lowest BCUT2D eigenvalue weighted by atomic mass is 10.1. The molecule has 0 aliphatic carbocycles. The molecule has 0 aliphatic heterocycles. The first kappa shape index (κ1) is 29.2.